The molecule has 0 aromatic rings. The summed E-state index contributed by atoms with van der Waals surface area (Å²) in [5, 5.41) is 18.1. The maximum atomic E-state index is 9.07. The molecule has 9 heavy (non-hydrogen) atoms. The predicted octanol–water partition coefficient (Wildman–Crippen LogP) is -0.483. The lowest BCUT2D eigenvalue weighted by molar-refractivity contribution is -0.127. The minimum absolute atomic E-state index is 0.214. The summed E-state index contributed by atoms with van der Waals surface area (Å²) in [6, 6.07) is 0. The molecule has 0 aromatic carbocycles. The lowest BCUT2D eigenvalue weighted by Gasteiger charge is -2.29. The molecule has 3 heteroatoms. The van der Waals surface area contributed by atoms with Crippen molar-refractivity contribution in [1.82, 2.24) is 0 Å². The molecule has 0 aliphatic carbocycles. The van der Waals surface area contributed by atoms with Gasteiger partial charge in [0.2, 0.25) is 0 Å². The molecule has 1 aliphatic heterocycles. The summed E-state index contributed by atoms with van der Waals surface area (Å²) in [6.45, 7) is 2.31. The number of rotatable bonds is 0. The van der Waals surface area contributed by atoms with Crippen LogP contribution in [0.1, 0.15) is 13.3 Å². The van der Waals surface area contributed by atoms with Crippen molar-refractivity contribution >= 4 is 0 Å². The summed E-state index contributed by atoms with van der Waals surface area (Å²) < 4.78 is 5.05. The highest BCUT2D eigenvalue weighted by Crippen LogP contribution is 2.13. The lowest BCUT2D eigenvalue weighted by Crippen LogP contribution is -2.42. The van der Waals surface area contributed by atoms with Gasteiger partial charge in [0.05, 0.1) is 12.2 Å². The number of aliphatic hydroxyl groups is 2. The Kier molecular flexibility index (Phi) is 2.05. The van der Waals surface area contributed by atoms with Crippen molar-refractivity contribution in [3.8, 4) is 0 Å². The quantitative estimate of drug-likeness (QED) is 0.468. The van der Waals surface area contributed by atoms with Crippen molar-refractivity contribution < 1.29 is 14.9 Å². The van der Waals surface area contributed by atoms with Gasteiger partial charge in [0, 0.05) is 6.61 Å². The molecule has 0 spiro atoms. The molecular formula is C6H12O3. The first-order valence-corrected chi connectivity index (χ1v) is 3.19. The molecule has 0 radical (unpaired) electrons. The molecule has 2 N–H and O–H groups in total. The van der Waals surface area contributed by atoms with Gasteiger partial charge in [0.1, 0.15) is 6.10 Å². The van der Waals surface area contributed by atoms with Gasteiger partial charge in [0.15, 0.2) is 0 Å². The molecule has 0 bridgehead atoms. The second kappa shape index (κ2) is 2.64. The molecule has 1 rings (SSSR count). The second-order valence-electron chi connectivity index (χ2n) is 2.42. The molecule has 1 aliphatic rings. The Bertz CT molecular complexity index is 84.3. The molecular weight excluding hydrogens is 120 g/mol. The highest BCUT2D eigenvalue weighted by molar-refractivity contribution is 4.77. The average Bonchev–Trinajstić information content (AvgIpc) is 1.83. The lowest BCUT2D eigenvalue weighted by atomic mass is 10.0. The van der Waals surface area contributed by atoms with Gasteiger partial charge < -0.3 is 14.9 Å². The summed E-state index contributed by atoms with van der Waals surface area (Å²) in [5.74, 6) is 0. The van der Waals surface area contributed by atoms with Crippen molar-refractivity contribution in [2.24, 2.45) is 0 Å². The topological polar surface area (TPSA) is 49.7 Å². The van der Waals surface area contributed by atoms with Gasteiger partial charge in [-0.2, -0.15) is 0 Å². The summed E-state index contributed by atoms with van der Waals surface area (Å²) in [5.41, 5.74) is 0. The first-order chi connectivity index (χ1) is 4.22. The van der Waals surface area contributed by atoms with Crippen LogP contribution >= 0.6 is 0 Å². The van der Waals surface area contributed by atoms with E-state index in [-0.39, 0.29) is 6.10 Å². The third-order valence-corrected chi connectivity index (χ3v) is 1.67. The van der Waals surface area contributed by atoms with Crippen LogP contribution in [0.3, 0.4) is 0 Å². The van der Waals surface area contributed by atoms with E-state index in [1.807, 2.05) is 0 Å². The third kappa shape index (κ3) is 1.41. The molecule has 1 fully saturated rings. The Morgan fingerprint density at radius 3 is 2.56 bits per heavy atom. The zero-order valence-electron chi connectivity index (χ0n) is 5.45. The van der Waals surface area contributed by atoms with Crippen LogP contribution in [0.25, 0.3) is 0 Å². The molecule has 3 atom stereocenters. The van der Waals surface area contributed by atoms with Crippen LogP contribution in [0, 0.1) is 0 Å². The van der Waals surface area contributed by atoms with Crippen LogP contribution in [0.5, 0.6) is 0 Å². The molecule has 0 aromatic heterocycles. The number of hydrogen-bond acceptors (Lipinski definition) is 3. The van der Waals surface area contributed by atoms with Gasteiger partial charge in [0.25, 0.3) is 0 Å². The van der Waals surface area contributed by atoms with Crippen LogP contribution < -0.4 is 0 Å². The first-order valence-electron chi connectivity index (χ1n) is 3.19. The Morgan fingerprint density at radius 2 is 2.11 bits per heavy atom. The van der Waals surface area contributed by atoms with E-state index in [1.54, 1.807) is 6.92 Å². The standard InChI is InChI=1S/C6H12O3/c1-4-6(8)5(7)2-3-9-4/h4-8H,2-3H2,1H3/t4-,5-,6-/m0/s1. The van der Waals surface area contributed by atoms with Gasteiger partial charge >= 0.3 is 0 Å². The summed E-state index contributed by atoms with van der Waals surface area (Å²) in [6.07, 6.45) is -0.952. The minimum Gasteiger partial charge on any atom is -0.390 e. The fourth-order valence-electron chi connectivity index (χ4n) is 0.957. The number of aliphatic hydroxyl groups excluding tert-OH is 2. The summed E-state index contributed by atoms with van der Waals surface area (Å²) in [7, 11) is 0. The molecule has 0 saturated carbocycles. The van der Waals surface area contributed by atoms with Crippen LogP contribution in [0.4, 0.5) is 0 Å². The fraction of sp³-hybridized carbons (Fsp3) is 1.00. The van der Waals surface area contributed by atoms with E-state index in [1.165, 1.54) is 0 Å². The highest BCUT2D eigenvalue weighted by atomic mass is 16.5. The van der Waals surface area contributed by atoms with Crippen molar-refractivity contribution in [3.05, 3.63) is 0 Å². The molecule has 1 saturated heterocycles. The first kappa shape index (κ1) is 6.99. The Labute approximate surface area is 54.3 Å². The predicted molar refractivity (Wildman–Crippen MR) is 32.0 cm³/mol. The monoisotopic (exact) mass is 132 g/mol. The van der Waals surface area contributed by atoms with E-state index in [0.717, 1.165) is 0 Å². The average molecular weight is 132 g/mol. The van der Waals surface area contributed by atoms with E-state index in [0.29, 0.717) is 13.0 Å². The summed E-state index contributed by atoms with van der Waals surface area (Å²) in [4.78, 5) is 0. The smallest absolute Gasteiger partial charge is 0.106 e. The Hall–Kier alpha value is -0.120. The Balaban J connectivity index is 2.41. The Morgan fingerprint density at radius 1 is 1.44 bits per heavy atom. The zero-order valence-corrected chi connectivity index (χ0v) is 5.45. The van der Waals surface area contributed by atoms with E-state index in [2.05, 4.69) is 0 Å². The van der Waals surface area contributed by atoms with E-state index >= 15 is 0 Å². The largest absolute Gasteiger partial charge is 0.390 e. The van der Waals surface area contributed by atoms with Gasteiger partial charge in [-0.1, -0.05) is 0 Å². The van der Waals surface area contributed by atoms with Crippen LogP contribution in [0.2, 0.25) is 0 Å². The van der Waals surface area contributed by atoms with Gasteiger partial charge in [-0.3, -0.25) is 0 Å². The number of ether oxygens (including phenoxy) is 1. The minimum atomic E-state index is -0.696. The molecule has 3 nitrogen and oxygen atoms in total. The van der Waals surface area contributed by atoms with E-state index in [4.69, 9.17) is 14.9 Å². The van der Waals surface area contributed by atoms with Gasteiger partial charge in [-0.15, -0.1) is 0 Å². The van der Waals surface area contributed by atoms with Crippen molar-refractivity contribution in [1.29, 1.82) is 0 Å². The van der Waals surface area contributed by atoms with Crippen LogP contribution in [-0.2, 0) is 4.74 Å². The normalized spacial score (nSPS) is 45.0. The molecule has 0 unspecified atom stereocenters. The van der Waals surface area contributed by atoms with Crippen LogP contribution in [-0.4, -0.2) is 35.1 Å². The van der Waals surface area contributed by atoms with Crippen molar-refractivity contribution in [3.63, 3.8) is 0 Å². The molecule has 0 amide bonds. The molecule has 1 heterocycles. The van der Waals surface area contributed by atoms with Crippen molar-refractivity contribution in [2.75, 3.05) is 6.61 Å². The fourth-order valence-corrected chi connectivity index (χ4v) is 0.957. The highest BCUT2D eigenvalue weighted by Gasteiger charge is 2.27. The van der Waals surface area contributed by atoms with E-state index < -0.39 is 12.2 Å². The second-order valence-corrected chi connectivity index (χ2v) is 2.42. The maximum absolute atomic E-state index is 9.07. The summed E-state index contributed by atoms with van der Waals surface area (Å²) >= 11 is 0. The number of hydrogen-bond donors (Lipinski definition) is 2. The van der Waals surface area contributed by atoms with Gasteiger partial charge in [-0.25, -0.2) is 0 Å². The SMILES string of the molecule is C[C@@H]1OCC[C@H](O)[C@H]1O. The van der Waals surface area contributed by atoms with Gasteiger partial charge in [-0.05, 0) is 13.3 Å². The zero-order chi connectivity index (χ0) is 6.85. The van der Waals surface area contributed by atoms with Crippen molar-refractivity contribution in [2.45, 2.75) is 31.7 Å². The van der Waals surface area contributed by atoms with E-state index in [9.17, 15) is 0 Å². The van der Waals surface area contributed by atoms with Crippen LogP contribution in [0.15, 0.2) is 0 Å². The molecule has 54 valence electrons. The third-order valence-electron chi connectivity index (χ3n) is 1.67. The maximum Gasteiger partial charge on any atom is 0.106 e.